The number of H-pyrrole nitrogens is 2. The van der Waals surface area contributed by atoms with Crippen molar-refractivity contribution in [3.05, 3.63) is 67.6 Å². The van der Waals surface area contributed by atoms with Gasteiger partial charge in [0.15, 0.2) is 5.65 Å². The zero-order valence-electron chi connectivity index (χ0n) is 19.0. The van der Waals surface area contributed by atoms with Crippen molar-refractivity contribution in [1.82, 2.24) is 30.1 Å². The summed E-state index contributed by atoms with van der Waals surface area (Å²) in [6.07, 6.45) is 11.3. The van der Waals surface area contributed by atoms with Crippen molar-refractivity contribution in [2.24, 2.45) is 0 Å². The fraction of sp³-hybridized carbons (Fsp3) is 0.154. The van der Waals surface area contributed by atoms with Crippen LogP contribution in [-0.2, 0) is 0 Å². The first-order chi connectivity index (χ1) is 17.2. The Morgan fingerprint density at radius 2 is 1.91 bits per heavy atom. The van der Waals surface area contributed by atoms with Crippen LogP contribution in [0.15, 0.2) is 72.1 Å². The molecule has 0 aliphatic rings. The quantitative estimate of drug-likeness (QED) is 0.234. The molecule has 1 unspecified atom stereocenters. The van der Waals surface area contributed by atoms with Crippen LogP contribution in [0.4, 0.5) is 5.69 Å². The smallest absolute Gasteiger partial charge is 0.155 e. The molecule has 4 N–H and O–H groups in total. The number of nitrogens with zero attached hydrogens (tertiary/aromatic N) is 4. The highest BCUT2D eigenvalue weighted by Crippen LogP contribution is 2.34. The highest BCUT2D eigenvalue weighted by atomic mass is 16.3. The molecule has 0 radical (unpaired) electrons. The van der Waals surface area contributed by atoms with E-state index in [-0.39, 0.29) is 0 Å². The van der Waals surface area contributed by atoms with E-state index >= 15 is 0 Å². The van der Waals surface area contributed by atoms with Gasteiger partial charge in [-0.1, -0.05) is 13.3 Å². The van der Waals surface area contributed by atoms with Crippen molar-refractivity contribution >= 4 is 27.6 Å². The molecule has 174 valence electrons. The van der Waals surface area contributed by atoms with Gasteiger partial charge in [0.1, 0.15) is 11.9 Å². The summed E-state index contributed by atoms with van der Waals surface area (Å²) in [4.78, 5) is 16.9. The molecule has 0 amide bonds. The number of rotatable bonds is 7. The van der Waals surface area contributed by atoms with Crippen LogP contribution in [-0.4, -0.2) is 41.5 Å². The number of pyridine rings is 3. The van der Waals surface area contributed by atoms with Gasteiger partial charge in [0, 0.05) is 51.6 Å². The van der Waals surface area contributed by atoms with Crippen LogP contribution < -0.4 is 5.32 Å². The summed E-state index contributed by atoms with van der Waals surface area (Å²) < 4.78 is 5.25. The van der Waals surface area contributed by atoms with E-state index in [0.29, 0.717) is 12.1 Å². The normalized spacial score (nSPS) is 12.4. The van der Waals surface area contributed by atoms with E-state index in [1.807, 2.05) is 37.3 Å². The molecule has 6 heterocycles. The lowest BCUT2D eigenvalue weighted by atomic mass is 10.1. The summed E-state index contributed by atoms with van der Waals surface area (Å²) in [5.41, 5.74) is 7.59. The Morgan fingerprint density at radius 3 is 2.77 bits per heavy atom. The number of aromatic amines is 2. The molecule has 0 bridgehead atoms. The number of aromatic nitrogens is 6. The number of hydrogen-bond acceptors (Lipinski definition) is 7. The van der Waals surface area contributed by atoms with Crippen molar-refractivity contribution in [3.8, 4) is 33.8 Å². The van der Waals surface area contributed by atoms with Gasteiger partial charge in [-0.2, -0.15) is 5.10 Å². The Bertz CT molecular complexity index is 1620. The van der Waals surface area contributed by atoms with E-state index in [4.69, 9.17) is 4.42 Å². The Balaban J connectivity index is 1.40. The average Bonchev–Trinajstić information content (AvgIpc) is 3.63. The zero-order valence-corrected chi connectivity index (χ0v) is 19.0. The molecule has 9 nitrogen and oxygen atoms in total. The lowest BCUT2D eigenvalue weighted by Crippen LogP contribution is -2.18. The number of anilines is 1. The van der Waals surface area contributed by atoms with Crippen molar-refractivity contribution in [3.63, 3.8) is 0 Å². The number of hydrogen-bond donors (Lipinski definition) is 4. The Hall–Kier alpha value is -4.50. The molecule has 0 saturated carbocycles. The first-order valence-corrected chi connectivity index (χ1v) is 11.4. The minimum Gasteiger partial charge on any atom is -0.472 e. The minimum atomic E-state index is -0.610. The first-order valence-electron chi connectivity index (χ1n) is 11.4. The molecule has 0 saturated heterocycles. The topological polar surface area (TPSA) is 129 Å². The van der Waals surface area contributed by atoms with Gasteiger partial charge >= 0.3 is 0 Å². The van der Waals surface area contributed by atoms with Gasteiger partial charge in [-0.3, -0.25) is 15.1 Å². The number of furan rings is 1. The highest BCUT2D eigenvalue weighted by molar-refractivity contribution is 5.99. The summed E-state index contributed by atoms with van der Waals surface area (Å²) in [6.45, 7) is 2.03. The van der Waals surface area contributed by atoms with Gasteiger partial charge in [-0.25, -0.2) is 4.98 Å². The molecule has 0 fully saturated rings. The van der Waals surface area contributed by atoms with Gasteiger partial charge in [-0.15, -0.1) is 0 Å². The fourth-order valence-corrected chi connectivity index (χ4v) is 4.29. The lowest BCUT2D eigenvalue weighted by Gasteiger charge is -2.13. The molecule has 6 aromatic rings. The third-order valence-electron chi connectivity index (χ3n) is 5.98. The summed E-state index contributed by atoms with van der Waals surface area (Å²) in [5.74, 6) is 0. The second-order valence-corrected chi connectivity index (χ2v) is 8.42. The summed E-state index contributed by atoms with van der Waals surface area (Å²) in [7, 11) is 0. The predicted molar refractivity (Wildman–Crippen MR) is 134 cm³/mol. The van der Waals surface area contributed by atoms with Crippen LogP contribution in [0, 0.1) is 0 Å². The van der Waals surface area contributed by atoms with Crippen LogP contribution in [0.25, 0.3) is 55.7 Å². The van der Waals surface area contributed by atoms with Gasteiger partial charge in [0.2, 0.25) is 0 Å². The van der Waals surface area contributed by atoms with E-state index in [2.05, 4.69) is 35.5 Å². The van der Waals surface area contributed by atoms with E-state index < -0.39 is 6.23 Å². The summed E-state index contributed by atoms with van der Waals surface area (Å²) >= 11 is 0. The van der Waals surface area contributed by atoms with Gasteiger partial charge in [-0.05, 0) is 36.8 Å². The third kappa shape index (κ3) is 3.91. The van der Waals surface area contributed by atoms with Crippen molar-refractivity contribution < 1.29 is 9.52 Å². The molecule has 6 aromatic heterocycles. The molecule has 0 aliphatic carbocycles. The predicted octanol–water partition coefficient (Wildman–Crippen LogP) is 5.35. The average molecular weight is 466 g/mol. The molecule has 6 rings (SSSR count). The minimum absolute atomic E-state index is 0.610. The van der Waals surface area contributed by atoms with Gasteiger partial charge in [0.05, 0.1) is 35.8 Å². The molecular weight excluding hydrogens is 442 g/mol. The fourth-order valence-electron chi connectivity index (χ4n) is 4.29. The van der Waals surface area contributed by atoms with E-state index in [1.165, 1.54) is 0 Å². The number of fused-ring (bicyclic) bond motifs is 2. The second-order valence-electron chi connectivity index (χ2n) is 8.42. The van der Waals surface area contributed by atoms with Gasteiger partial charge in [0.25, 0.3) is 0 Å². The maximum absolute atomic E-state index is 10.1. The zero-order chi connectivity index (χ0) is 23.8. The van der Waals surface area contributed by atoms with Crippen molar-refractivity contribution in [1.29, 1.82) is 0 Å². The molecule has 0 aliphatic heterocycles. The SMILES string of the molecule is CCCC(O)Nc1cncc(-c2cnc3[nH]nc(-c4cc5c(-c6ccoc6)nccc5[nH]4)c3c2)c1. The molecule has 35 heavy (non-hydrogen) atoms. The Kier molecular flexibility index (Phi) is 5.23. The maximum atomic E-state index is 10.1. The lowest BCUT2D eigenvalue weighted by molar-refractivity contribution is 0.192. The van der Waals surface area contributed by atoms with Crippen LogP contribution in [0.1, 0.15) is 19.8 Å². The summed E-state index contributed by atoms with van der Waals surface area (Å²) in [5, 5.41) is 22.6. The Labute approximate surface area is 200 Å². The number of aliphatic hydroxyl groups is 1. The van der Waals surface area contributed by atoms with Crippen LogP contribution in [0.5, 0.6) is 0 Å². The molecule has 0 spiro atoms. The Morgan fingerprint density at radius 1 is 1.00 bits per heavy atom. The highest BCUT2D eigenvalue weighted by Gasteiger charge is 2.16. The van der Waals surface area contributed by atoms with E-state index in [0.717, 1.165) is 62.2 Å². The molecule has 9 heteroatoms. The molecule has 1 atom stereocenters. The van der Waals surface area contributed by atoms with Crippen molar-refractivity contribution in [2.45, 2.75) is 26.0 Å². The van der Waals surface area contributed by atoms with E-state index in [9.17, 15) is 5.11 Å². The van der Waals surface area contributed by atoms with Crippen LogP contribution in [0.2, 0.25) is 0 Å². The third-order valence-corrected chi connectivity index (χ3v) is 5.98. The molecule has 0 aromatic carbocycles. The van der Waals surface area contributed by atoms with Gasteiger partial charge < -0.3 is 19.8 Å². The van der Waals surface area contributed by atoms with E-state index in [1.54, 1.807) is 37.3 Å². The monoisotopic (exact) mass is 465 g/mol. The van der Waals surface area contributed by atoms with Crippen LogP contribution >= 0.6 is 0 Å². The standard InChI is InChI=1S/C26H23N7O2/c1-2-3-23(34)30-18-8-16(11-27-13-18)17-9-20-25(32-33-26(20)29-12-17)22-10-19-21(31-22)4-6-28-24(19)15-5-7-35-14-15/h4-14,23,30-31,34H,2-3H2,1H3,(H,29,32,33). The maximum Gasteiger partial charge on any atom is 0.155 e. The number of aliphatic hydroxyl groups excluding tert-OH is 1. The first kappa shape index (κ1) is 21.1. The largest absolute Gasteiger partial charge is 0.472 e. The summed E-state index contributed by atoms with van der Waals surface area (Å²) in [6, 6.07) is 9.89. The van der Waals surface area contributed by atoms with Crippen LogP contribution in [0.3, 0.4) is 0 Å². The number of nitrogens with one attached hydrogen (secondary N) is 3. The second kappa shape index (κ2) is 8.69. The van der Waals surface area contributed by atoms with Crippen molar-refractivity contribution in [2.75, 3.05) is 5.32 Å². The molecular formula is C26H23N7O2.